The maximum Gasteiger partial charge on any atom is 0.129 e. The molecule has 2 N–H and O–H groups in total. The second-order valence-electron chi connectivity index (χ2n) is 3.83. The predicted octanol–water partition coefficient (Wildman–Crippen LogP) is 0.535. The molecular weight excluding hydrogens is 192 g/mol. The van der Waals surface area contributed by atoms with Gasteiger partial charge >= 0.3 is 0 Å². The third-order valence-electron chi connectivity index (χ3n) is 2.62. The fraction of sp³-hybridized carbons (Fsp3) is 0.545. The van der Waals surface area contributed by atoms with Gasteiger partial charge in [0.1, 0.15) is 5.82 Å². The van der Waals surface area contributed by atoms with E-state index in [2.05, 4.69) is 9.88 Å². The number of aromatic nitrogens is 1. The summed E-state index contributed by atoms with van der Waals surface area (Å²) < 4.78 is 0. The van der Waals surface area contributed by atoms with Crippen LogP contribution in [0.25, 0.3) is 0 Å². The Balaban J connectivity index is 2.16. The average Bonchev–Trinajstić information content (AvgIpc) is 3.10. The van der Waals surface area contributed by atoms with Crippen molar-refractivity contribution in [3.8, 4) is 0 Å². The summed E-state index contributed by atoms with van der Waals surface area (Å²) in [5.41, 5.74) is 0.864. The minimum atomic E-state index is 0.0349. The molecule has 0 radical (unpaired) electrons. The van der Waals surface area contributed by atoms with E-state index >= 15 is 0 Å². The Hall–Kier alpha value is -1.13. The topological polar surface area (TPSA) is 56.6 Å². The number of hydrogen-bond donors (Lipinski definition) is 2. The third-order valence-corrected chi connectivity index (χ3v) is 2.62. The molecule has 4 nitrogen and oxygen atoms in total. The average molecular weight is 208 g/mol. The summed E-state index contributed by atoms with van der Waals surface area (Å²) in [6.07, 6.45) is 4.05. The summed E-state index contributed by atoms with van der Waals surface area (Å²) in [5.74, 6) is 0.859. The van der Waals surface area contributed by atoms with Crippen molar-refractivity contribution in [1.82, 2.24) is 4.98 Å². The zero-order valence-electron chi connectivity index (χ0n) is 8.63. The minimum absolute atomic E-state index is 0.0349. The van der Waals surface area contributed by atoms with E-state index in [1.165, 1.54) is 12.8 Å². The van der Waals surface area contributed by atoms with Crippen molar-refractivity contribution in [2.75, 3.05) is 18.1 Å². The smallest absolute Gasteiger partial charge is 0.129 e. The standard InChI is InChI=1S/C11H16N2O2/c14-6-5-13(10-1-2-10)11-7-9(8-15)3-4-12-11/h3-4,7,10,14-15H,1-2,5-6,8H2. The number of rotatable bonds is 5. The Morgan fingerprint density at radius 1 is 1.40 bits per heavy atom. The molecule has 1 aromatic heterocycles. The molecule has 82 valence electrons. The van der Waals surface area contributed by atoms with Gasteiger partial charge in [-0.15, -0.1) is 0 Å². The SMILES string of the molecule is OCCN(c1cc(CO)ccn1)C1CC1. The molecular formula is C11H16N2O2. The van der Waals surface area contributed by atoms with E-state index in [0.717, 1.165) is 11.4 Å². The lowest BCUT2D eigenvalue weighted by Gasteiger charge is -2.22. The second-order valence-corrected chi connectivity index (χ2v) is 3.83. The molecule has 1 saturated carbocycles. The van der Waals surface area contributed by atoms with Gasteiger partial charge in [-0.25, -0.2) is 4.98 Å². The van der Waals surface area contributed by atoms with Crippen molar-refractivity contribution < 1.29 is 10.2 Å². The van der Waals surface area contributed by atoms with Crippen molar-refractivity contribution in [2.24, 2.45) is 0 Å². The Labute approximate surface area is 89.2 Å². The molecule has 0 aromatic carbocycles. The number of nitrogens with zero attached hydrogens (tertiary/aromatic N) is 2. The Morgan fingerprint density at radius 3 is 2.80 bits per heavy atom. The molecule has 1 aliphatic rings. The molecule has 0 bridgehead atoms. The molecule has 4 heteroatoms. The van der Waals surface area contributed by atoms with Gasteiger partial charge < -0.3 is 15.1 Å². The van der Waals surface area contributed by atoms with Crippen LogP contribution in [-0.2, 0) is 6.61 Å². The van der Waals surface area contributed by atoms with E-state index in [9.17, 15) is 0 Å². The summed E-state index contributed by atoms with van der Waals surface area (Å²) >= 11 is 0. The van der Waals surface area contributed by atoms with Crippen LogP contribution in [0.1, 0.15) is 18.4 Å². The molecule has 0 atom stereocenters. The highest BCUT2D eigenvalue weighted by molar-refractivity contribution is 5.43. The summed E-state index contributed by atoms with van der Waals surface area (Å²) in [7, 11) is 0. The molecule has 1 aliphatic carbocycles. The largest absolute Gasteiger partial charge is 0.395 e. The highest BCUT2D eigenvalue weighted by Gasteiger charge is 2.29. The van der Waals surface area contributed by atoms with E-state index in [1.54, 1.807) is 12.3 Å². The van der Waals surface area contributed by atoms with Gasteiger partial charge in [0.15, 0.2) is 0 Å². The highest BCUT2D eigenvalue weighted by atomic mass is 16.3. The first-order valence-electron chi connectivity index (χ1n) is 5.28. The maximum absolute atomic E-state index is 9.03. The van der Waals surface area contributed by atoms with Crippen LogP contribution in [0.5, 0.6) is 0 Å². The lowest BCUT2D eigenvalue weighted by molar-refractivity contribution is 0.281. The fourth-order valence-electron chi connectivity index (χ4n) is 1.69. The van der Waals surface area contributed by atoms with Crippen LogP contribution < -0.4 is 4.90 Å². The van der Waals surface area contributed by atoms with Crippen LogP contribution in [0.4, 0.5) is 5.82 Å². The van der Waals surface area contributed by atoms with Crippen LogP contribution in [0.15, 0.2) is 18.3 Å². The van der Waals surface area contributed by atoms with Crippen molar-refractivity contribution in [2.45, 2.75) is 25.5 Å². The molecule has 0 spiro atoms. The molecule has 1 heterocycles. The van der Waals surface area contributed by atoms with Gasteiger partial charge in [-0.2, -0.15) is 0 Å². The van der Waals surface area contributed by atoms with Gasteiger partial charge in [0.05, 0.1) is 13.2 Å². The Bertz CT molecular complexity index is 326. The van der Waals surface area contributed by atoms with Crippen LogP contribution in [0.2, 0.25) is 0 Å². The van der Waals surface area contributed by atoms with Crippen molar-refractivity contribution in [1.29, 1.82) is 0 Å². The van der Waals surface area contributed by atoms with Gasteiger partial charge in [-0.3, -0.25) is 0 Å². The monoisotopic (exact) mass is 208 g/mol. The first kappa shape index (κ1) is 10.4. The number of aliphatic hydroxyl groups is 2. The van der Waals surface area contributed by atoms with Gasteiger partial charge in [0.2, 0.25) is 0 Å². The summed E-state index contributed by atoms with van der Waals surface area (Å²) in [6, 6.07) is 4.21. The van der Waals surface area contributed by atoms with Gasteiger partial charge in [-0.1, -0.05) is 0 Å². The van der Waals surface area contributed by atoms with E-state index in [4.69, 9.17) is 10.2 Å². The molecule has 0 unspecified atom stereocenters. The van der Waals surface area contributed by atoms with E-state index < -0.39 is 0 Å². The predicted molar refractivity (Wildman–Crippen MR) is 57.6 cm³/mol. The van der Waals surface area contributed by atoms with Crippen LogP contribution in [0.3, 0.4) is 0 Å². The normalized spacial score (nSPS) is 15.3. The van der Waals surface area contributed by atoms with E-state index in [0.29, 0.717) is 12.6 Å². The zero-order valence-corrected chi connectivity index (χ0v) is 8.63. The van der Waals surface area contributed by atoms with E-state index in [1.807, 2.05) is 6.07 Å². The number of anilines is 1. The third kappa shape index (κ3) is 2.46. The fourth-order valence-corrected chi connectivity index (χ4v) is 1.69. The highest BCUT2D eigenvalue weighted by Crippen LogP contribution is 2.30. The molecule has 0 amide bonds. The van der Waals surface area contributed by atoms with Crippen LogP contribution in [-0.4, -0.2) is 34.4 Å². The first-order valence-corrected chi connectivity index (χ1v) is 5.28. The lowest BCUT2D eigenvalue weighted by Crippen LogP contribution is -2.29. The quantitative estimate of drug-likeness (QED) is 0.741. The number of hydrogen-bond acceptors (Lipinski definition) is 4. The van der Waals surface area contributed by atoms with Gasteiger partial charge in [0.25, 0.3) is 0 Å². The number of aliphatic hydroxyl groups excluding tert-OH is 2. The van der Waals surface area contributed by atoms with Crippen molar-refractivity contribution >= 4 is 5.82 Å². The van der Waals surface area contributed by atoms with Gasteiger partial charge in [0, 0.05) is 18.8 Å². The number of pyridine rings is 1. The first-order chi connectivity index (χ1) is 7.35. The molecule has 0 aliphatic heterocycles. The van der Waals surface area contributed by atoms with Crippen molar-refractivity contribution in [3.05, 3.63) is 23.9 Å². The molecule has 1 aromatic rings. The summed E-state index contributed by atoms with van der Waals surface area (Å²) in [5, 5.41) is 18.0. The molecule has 1 fully saturated rings. The Kier molecular flexibility index (Phi) is 3.18. The zero-order chi connectivity index (χ0) is 10.7. The minimum Gasteiger partial charge on any atom is -0.395 e. The lowest BCUT2D eigenvalue weighted by atomic mass is 10.2. The maximum atomic E-state index is 9.03. The van der Waals surface area contributed by atoms with E-state index in [-0.39, 0.29) is 13.2 Å². The second kappa shape index (κ2) is 4.59. The Morgan fingerprint density at radius 2 is 2.20 bits per heavy atom. The molecule has 2 rings (SSSR count). The summed E-state index contributed by atoms with van der Waals surface area (Å²) in [4.78, 5) is 6.38. The molecule has 0 saturated heterocycles. The summed E-state index contributed by atoms with van der Waals surface area (Å²) in [6.45, 7) is 0.793. The van der Waals surface area contributed by atoms with Crippen molar-refractivity contribution in [3.63, 3.8) is 0 Å². The van der Waals surface area contributed by atoms with Crippen LogP contribution >= 0.6 is 0 Å². The van der Waals surface area contributed by atoms with Gasteiger partial charge in [-0.05, 0) is 30.5 Å². The molecule has 15 heavy (non-hydrogen) atoms. The van der Waals surface area contributed by atoms with Crippen LogP contribution in [0, 0.1) is 0 Å².